The molecular formula is C14H26N2O2. The zero-order valence-electron chi connectivity index (χ0n) is 11.7. The number of hydrogen-bond donors (Lipinski definition) is 1. The minimum Gasteiger partial charge on any atom is -0.468 e. The highest BCUT2D eigenvalue weighted by molar-refractivity contribution is 5.76. The van der Waals surface area contributed by atoms with Crippen molar-refractivity contribution >= 4 is 5.97 Å². The van der Waals surface area contributed by atoms with Gasteiger partial charge in [-0.2, -0.15) is 0 Å². The van der Waals surface area contributed by atoms with E-state index in [-0.39, 0.29) is 12.0 Å². The quantitative estimate of drug-likeness (QED) is 0.756. The number of likely N-dealkylation sites (tertiary alicyclic amines) is 1. The van der Waals surface area contributed by atoms with Crippen molar-refractivity contribution in [1.82, 2.24) is 10.2 Å². The van der Waals surface area contributed by atoms with E-state index in [1.807, 2.05) is 0 Å². The van der Waals surface area contributed by atoms with Gasteiger partial charge >= 0.3 is 5.97 Å². The number of carbonyl (C=O) groups is 1. The van der Waals surface area contributed by atoms with Gasteiger partial charge in [0.05, 0.1) is 7.11 Å². The summed E-state index contributed by atoms with van der Waals surface area (Å²) >= 11 is 0. The lowest BCUT2D eigenvalue weighted by molar-refractivity contribution is -0.143. The van der Waals surface area contributed by atoms with Crippen molar-refractivity contribution in [3.8, 4) is 0 Å². The molecule has 4 nitrogen and oxygen atoms in total. The third kappa shape index (κ3) is 3.95. The number of ether oxygens (including phenoxy) is 1. The molecule has 2 rings (SSSR count). The summed E-state index contributed by atoms with van der Waals surface area (Å²) in [7, 11) is 1.48. The van der Waals surface area contributed by atoms with Crippen molar-refractivity contribution in [3.63, 3.8) is 0 Å². The molecule has 18 heavy (non-hydrogen) atoms. The zero-order chi connectivity index (χ0) is 13.0. The van der Waals surface area contributed by atoms with E-state index >= 15 is 0 Å². The van der Waals surface area contributed by atoms with Gasteiger partial charge in [0, 0.05) is 18.6 Å². The zero-order valence-corrected chi connectivity index (χ0v) is 11.7. The molecule has 0 aromatic heterocycles. The van der Waals surface area contributed by atoms with Crippen LogP contribution < -0.4 is 5.32 Å². The number of hydrogen-bond acceptors (Lipinski definition) is 4. The molecule has 2 atom stereocenters. The van der Waals surface area contributed by atoms with E-state index in [9.17, 15) is 4.79 Å². The largest absolute Gasteiger partial charge is 0.468 e. The molecule has 0 aromatic rings. The molecule has 0 radical (unpaired) electrons. The van der Waals surface area contributed by atoms with Crippen LogP contribution in [0.25, 0.3) is 0 Å². The maximum absolute atomic E-state index is 11.8. The molecule has 0 bridgehead atoms. The second-order valence-corrected chi connectivity index (χ2v) is 5.71. The van der Waals surface area contributed by atoms with Gasteiger partial charge in [0.15, 0.2) is 0 Å². The van der Waals surface area contributed by atoms with Crippen LogP contribution in [0.3, 0.4) is 0 Å². The molecule has 0 spiro atoms. The molecule has 1 heterocycles. The Kier molecular flexibility index (Phi) is 5.01. The summed E-state index contributed by atoms with van der Waals surface area (Å²) in [6.07, 6.45) is 7.53. The lowest BCUT2D eigenvalue weighted by atomic mass is 10.1. The van der Waals surface area contributed by atoms with E-state index in [4.69, 9.17) is 4.74 Å². The first-order chi connectivity index (χ1) is 8.70. The van der Waals surface area contributed by atoms with Crippen molar-refractivity contribution in [2.24, 2.45) is 0 Å². The first-order valence-corrected chi connectivity index (χ1v) is 7.28. The van der Waals surface area contributed by atoms with Crippen LogP contribution in [0.4, 0.5) is 0 Å². The first-order valence-electron chi connectivity index (χ1n) is 7.28. The molecule has 1 N–H and O–H groups in total. The molecule has 1 aliphatic heterocycles. The Morgan fingerprint density at radius 2 is 2.11 bits per heavy atom. The highest BCUT2D eigenvalue weighted by atomic mass is 16.5. The lowest BCUT2D eigenvalue weighted by Gasteiger charge is -2.30. The van der Waals surface area contributed by atoms with Gasteiger partial charge in [-0.1, -0.05) is 12.8 Å². The number of esters is 1. The van der Waals surface area contributed by atoms with Gasteiger partial charge < -0.3 is 10.1 Å². The first kappa shape index (κ1) is 13.8. The van der Waals surface area contributed by atoms with Crippen LogP contribution in [0.1, 0.15) is 45.4 Å². The van der Waals surface area contributed by atoms with Gasteiger partial charge in [-0.3, -0.25) is 9.69 Å². The molecule has 2 fully saturated rings. The van der Waals surface area contributed by atoms with Crippen molar-refractivity contribution in [2.45, 2.75) is 63.6 Å². The number of rotatable bonds is 5. The van der Waals surface area contributed by atoms with E-state index in [1.165, 1.54) is 45.6 Å². The second-order valence-electron chi connectivity index (χ2n) is 5.71. The normalized spacial score (nSPS) is 27.6. The Morgan fingerprint density at radius 3 is 2.78 bits per heavy atom. The summed E-state index contributed by atoms with van der Waals surface area (Å²) in [5.41, 5.74) is 0. The molecule has 1 saturated carbocycles. The fraction of sp³-hybridized carbons (Fsp3) is 0.929. The minimum absolute atomic E-state index is 0.113. The summed E-state index contributed by atoms with van der Waals surface area (Å²) in [5, 5.41) is 3.41. The highest BCUT2D eigenvalue weighted by Gasteiger charge is 2.31. The minimum atomic E-state index is -0.150. The van der Waals surface area contributed by atoms with Gasteiger partial charge in [0.1, 0.15) is 6.04 Å². The fourth-order valence-corrected chi connectivity index (χ4v) is 2.71. The average Bonchev–Trinajstić information content (AvgIpc) is 3.18. The van der Waals surface area contributed by atoms with Crippen LogP contribution in [0.2, 0.25) is 0 Å². The predicted octanol–water partition coefficient (Wildman–Crippen LogP) is 1.54. The number of nitrogens with zero attached hydrogens (tertiary/aromatic N) is 1. The van der Waals surface area contributed by atoms with Crippen LogP contribution >= 0.6 is 0 Å². The molecule has 4 heteroatoms. The van der Waals surface area contributed by atoms with Gasteiger partial charge in [0.2, 0.25) is 0 Å². The molecule has 0 aromatic carbocycles. The predicted molar refractivity (Wildman–Crippen MR) is 71.5 cm³/mol. The Morgan fingerprint density at radius 1 is 1.33 bits per heavy atom. The summed E-state index contributed by atoms with van der Waals surface area (Å²) in [4.78, 5) is 14.3. The Labute approximate surface area is 110 Å². The van der Waals surface area contributed by atoms with E-state index in [2.05, 4.69) is 17.1 Å². The van der Waals surface area contributed by atoms with E-state index in [1.54, 1.807) is 0 Å². The second kappa shape index (κ2) is 6.53. The van der Waals surface area contributed by atoms with Gasteiger partial charge in [-0.25, -0.2) is 0 Å². The van der Waals surface area contributed by atoms with Crippen LogP contribution in [0.15, 0.2) is 0 Å². The maximum Gasteiger partial charge on any atom is 0.324 e. The Hall–Kier alpha value is -0.610. The van der Waals surface area contributed by atoms with Crippen molar-refractivity contribution in [1.29, 1.82) is 0 Å². The number of carbonyl (C=O) groups excluding carboxylic acids is 1. The Balaban J connectivity index is 1.90. The maximum atomic E-state index is 11.8. The van der Waals surface area contributed by atoms with Crippen molar-refractivity contribution < 1.29 is 9.53 Å². The standard InChI is InChI=1S/C14H26N2O2/c1-11-6-4-3-5-9-16(11)10-13(14(17)18-2)15-12-7-8-12/h11-13,15H,3-10H2,1-2H3. The molecule has 1 aliphatic carbocycles. The summed E-state index contributed by atoms with van der Waals surface area (Å²) in [6.45, 7) is 4.18. The monoisotopic (exact) mass is 254 g/mol. The molecule has 2 aliphatic rings. The molecule has 104 valence electrons. The molecule has 0 amide bonds. The van der Waals surface area contributed by atoms with Crippen molar-refractivity contribution in [2.75, 3.05) is 20.2 Å². The topological polar surface area (TPSA) is 41.6 Å². The number of nitrogens with one attached hydrogen (secondary N) is 1. The van der Waals surface area contributed by atoms with Crippen LogP contribution in [-0.4, -0.2) is 49.2 Å². The average molecular weight is 254 g/mol. The van der Waals surface area contributed by atoms with Crippen LogP contribution in [0, 0.1) is 0 Å². The van der Waals surface area contributed by atoms with Gasteiger partial charge in [-0.05, 0) is 39.2 Å². The third-order valence-electron chi connectivity index (χ3n) is 4.11. The van der Waals surface area contributed by atoms with E-state index in [0.29, 0.717) is 12.1 Å². The Bertz CT molecular complexity index is 279. The molecular weight excluding hydrogens is 228 g/mol. The van der Waals surface area contributed by atoms with E-state index in [0.717, 1.165) is 13.1 Å². The molecule has 2 unspecified atom stereocenters. The smallest absolute Gasteiger partial charge is 0.324 e. The van der Waals surface area contributed by atoms with Gasteiger partial charge in [0.25, 0.3) is 0 Å². The fourth-order valence-electron chi connectivity index (χ4n) is 2.71. The number of methoxy groups -OCH3 is 1. The summed E-state index contributed by atoms with van der Waals surface area (Å²) in [5.74, 6) is -0.113. The van der Waals surface area contributed by atoms with Gasteiger partial charge in [-0.15, -0.1) is 0 Å². The SMILES string of the molecule is COC(=O)C(CN1CCCCCC1C)NC1CC1. The third-order valence-corrected chi connectivity index (χ3v) is 4.11. The van der Waals surface area contributed by atoms with Crippen molar-refractivity contribution in [3.05, 3.63) is 0 Å². The summed E-state index contributed by atoms with van der Waals surface area (Å²) in [6, 6.07) is 0.972. The molecule has 1 saturated heterocycles. The van der Waals surface area contributed by atoms with E-state index < -0.39 is 0 Å². The lowest BCUT2D eigenvalue weighted by Crippen LogP contribution is -2.49. The highest BCUT2D eigenvalue weighted by Crippen LogP contribution is 2.21. The van der Waals surface area contributed by atoms with Crippen LogP contribution in [0.5, 0.6) is 0 Å². The van der Waals surface area contributed by atoms with Crippen LogP contribution in [-0.2, 0) is 9.53 Å². The summed E-state index contributed by atoms with van der Waals surface area (Å²) < 4.78 is 4.92.